The van der Waals surface area contributed by atoms with E-state index < -0.39 is 5.54 Å². The maximum atomic E-state index is 14.0. The van der Waals surface area contributed by atoms with Crippen molar-refractivity contribution in [2.45, 2.75) is 64.3 Å². The Morgan fingerprint density at radius 3 is 2.44 bits per heavy atom. The molecule has 0 fully saturated rings. The Balaban J connectivity index is 1.44. The van der Waals surface area contributed by atoms with E-state index in [-0.39, 0.29) is 11.3 Å². The molecule has 0 spiro atoms. The van der Waals surface area contributed by atoms with Crippen LogP contribution < -0.4 is 10.2 Å². The summed E-state index contributed by atoms with van der Waals surface area (Å²) in [4.78, 5) is 25.5. The quantitative estimate of drug-likeness (QED) is 0.305. The predicted molar refractivity (Wildman–Crippen MR) is 158 cm³/mol. The van der Waals surface area contributed by atoms with Crippen molar-refractivity contribution in [2.75, 3.05) is 10.2 Å². The third kappa shape index (κ3) is 4.60. The number of anilines is 3. The summed E-state index contributed by atoms with van der Waals surface area (Å²) in [6.45, 7) is 8.94. The van der Waals surface area contributed by atoms with Crippen LogP contribution in [0.4, 0.5) is 17.3 Å². The van der Waals surface area contributed by atoms with Gasteiger partial charge in [-0.05, 0) is 92.5 Å². The highest BCUT2D eigenvalue weighted by atomic mass is 16.2. The second kappa shape index (κ2) is 9.64. The lowest BCUT2D eigenvalue weighted by Crippen LogP contribution is -2.55. The summed E-state index contributed by atoms with van der Waals surface area (Å²) in [5.41, 5.74) is 6.63. The summed E-state index contributed by atoms with van der Waals surface area (Å²) in [5, 5.41) is 3.48. The molecule has 0 bridgehead atoms. The van der Waals surface area contributed by atoms with Gasteiger partial charge in [0.2, 0.25) is 5.95 Å². The van der Waals surface area contributed by atoms with E-state index in [1.807, 2.05) is 47.5 Å². The molecule has 1 aliphatic heterocycles. The molecule has 1 aromatic heterocycles. The van der Waals surface area contributed by atoms with E-state index in [1.165, 1.54) is 17.5 Å². The Kier molecular flexibility index (Phi) is 6.25. The van der Waals surface area contributed by atoms with E-state index in [9.17, 15) is 4.79 Å². The highest BCUT2D eigenvalue weighted by Gasteiger charge is 2.48. The number of nitrogens with zero attached hydrogens (tertiary/aromatic N) is 3. The van der Waals surface area contributed by atoms with Gasteiger partial charge in [-0.1, -0.05) is 62.4 Å². The zero-order chi connectivity index (χ0) is 27.2. The number of fused-ring (bicyclic) bond motifs is 2. The lowest BCUT2D eigenvalue weighted by atomic mass is 9.65. The number of aryl methyl sites for hydroxylation is 1. The maximum absolute atomic E-state index is 14.0. The van der Waals surface area contributed by atoms with Crippen molar-refractivity contribution in [3.63, 3.8) is 0 Å². The average molecular weight is 517 g/mol. The van der Waals surface area contributed by atoms with E-state index in [1.54, 1.807) is 0 Å². The fourth-order valence-corrected chi connectivity index (χ4v) is 6.65. The first-order chi connectivity index (χ1) is 18.7. The van der Waals surface area contributed by atoms with Gasteiger partial charge in [-0.15, -0.1) is 0 Å². The first-order valence-electron chi connectivity index (χ1n) is 14.0. The molecule has 1 aliphatic carbocycles. The SMILES string of the molecule is CC1CCc2nc(Nc3ccc4c(c3)C(C)(c3ccccc3)CC(C)(C)N4C(=O)c3ccccc3)ncc2C1. The molecule has 2 unspecified atom stereocenters. The highest BCUT2D eigenvalue weighted by Crippen LogP contribution is 2.51. The Hall–Kier alpha value is -3.99. The van der Waals surface area contributed by atoms with Gasteiger partial charge in [-0.2, -0.15) is 0 Å². The van der Waals surface area contributed by atoms with Crippen molar-refractivity contribution in [3.8, 4) is 0 Å². The van der Waals surface area contributed by atoms with Crippen LogP contribution in [0.25, 0.3) is 0 Å². The van der Waals surface area contributed by atoms with Crippen LogP contribution in [0.1, 0.15) is 73.3 Å². The number of amides is 1. The molecule has 4 aromatic rings. The molecule has 198 valence electrons. The molecule has 2 aliphatic rings. The molecule has 0 radical (unpaired) electrons. The van der Waals surface area contributed by atoms with Gasteiger partial charge in [0.15, 0.2) is 0 Å². The van der Waals surface area contributed by atoms with Gasteiger partial charge in [0, 0.05) is 39.8 Å². The summed E-state index contributed by atoms with van der Waals surface area (Å²) in [6.07, 6.45) is 5.97. The number of carbonyl (C=O) groups excluding carboxylic acids is 1. The van der Waals surface area contributed by atoms with Crippen LogP contribution in [0.3, 0.4) is 0 Å². The Labute approximate surface area is 231 Å². The first-order valence-corrected chi connectivity index (χ1v) is 14.0. The molecule has 39 heavy (non-hydrogen) atoms. The van der Waals surface area contributed by atoms with Crippen LogP contribution in [-0.4, -0.2) is 21.4 Å². The van der Waals surface area contributed by atoms with Gasteiger partial charge >= 0.3 is 0 Å². The minimum Gasteiger partial charge on any atom is -0.324 e. The third-order valence-corrected chi connectivity index (χ3v) is 8.51. The average Bonchev–Trinajstić information content (AvgIpc) is 2.94. The molecular weight excluding hydrogens is 480 g/mol. The van der Waals surface area contributed by atoms with Crippen LogP contribution in [0.2, 0.25) is 0 Å². The Bertz CT molecular complexity index is 1520. The zero-order valence-corrected chi connectivity index (χ0v) is 23.2. The van der Waals surface area contributed by atoms with Crippen LogP contribution in [0.15, 0.2) is 85.1 Å². The molecule has 0 saturated heterocycles. The summed E-state index contributed by atoms with van der Waals surface area (Å²) in [7, 11) is 0. The number of aromatic nitrogens is 2. The molecule has 1 N–H and O–H groups in total. The van der Waals surface area contributed by atoms with E-state index in [0.717, 1.165) is 41.9 Å². The summed E-state index contributed by atoms with van der Waals surface area (Å²) in [5.74, 6) is 1.32. The third-order valence-electron chi connectivity index (χ3n) is 8.51. The van der Waals surface area contributed by atoms with E-state index >= 15 is 0 Å². The van der Waals surface area contributed by atoms with Crippen molar-refractivity contribution in [1.29, 1.82) is 0 Å². The summed E-state index contributed by atoms with van der Waals surface area (Å²) in [6, 6.07) is 26.5. The highest BCUT2D eigenvalue weighted by molar-refractivity contribution is 6.08. The smallest absolute Gasteiger partial charge is 0.258 e. The molecule has 6 rings (SSSR count). The van der Waals surface area contributed by atoms with E-state index in [4.69, 9.17) is 4.98 Å². The minimum absolute atomic E-state index is 0.0184. The predicted octanol–water partition coefficient (Wildman–Crippen LogP) is 7.48. The summed E-state index contributed by atoms with van der Waals surface area (Å²) < 4.78 is 0. The van der Waals surface area contributed by atoms with Gasteiger partial charge in [0.05, 0.1) is 0 Å². The van der Waals surface area contributed by atoms with Crippen LogP contribution in [0, 0.1) is 5.92 Å². The molecular formula is C34H36N4O. The number of hydrogen-bond acceptors (Lipinski definition) is 4. The number of hydrogen-bond donors (Lipinski definition) is 1. The minimum atomic E-state index is -0.405. The van der Waals surface area contributed by atoms with Crippen LogP contribution in [0.5, 0.6) is 0 Å². The first kappa shape index (κ1) is 25.3. The van der Waals surface area contributed by atoms with Crippen molar-refractivity contribution >= 4 is 23.2 Å². The normalized spacial score (nSPS) is 21.5. The fraction of sp³-hybridized carbons (Fsp3) is 0.324. The van der Waals surface area contributed by atoms with Crippen molar-refractivity contribution < 1.29 is 4.79 Å². The van der Waals surface area contributed by atoms with Crippen LogP contribution in [-0.2, 0) is 18.3 Å². The van der Waals surface area contributed by atoms with E-state index in [2.05, 4.69) is 80.5 Å². The molecule has 5 heteroatoms. The summed E-state index contributed by atoms with van der Waals surface area (Å²) >= 11 is 0. The Morgan fingerprint density at radius 2 is 1.69 bits per heavy atom. The standard InChI is InChI=1S/C34H36N4O/c1-23-15-17-29-25(19-23)21-35-32(37-29)36-27-16-18-30-28(20-27)34(4,26-13-9-6-10-14-26)22-33(2,3)38(30)31(39)24-11-7-5-8-12-24/h5-14,16,18,20-21,23H,15,17,19,22H2,1-4H3,(H,35,36,37). The number of carbonyl (C=O) groups is 1. The van der Waals surface area contributed by atoms with Crippen molar-refractivity contribution in [1.82, 2.24) is 9.97 Å². The zero-order valence-electron chi connectivity index (χ0n) is 23.2. The van der Waals surface area contributed by atoms with Crippen molar-refractivity contribution in [3.05, 3.63) is 113 Å². The lowest BCUT2D eigenvalue weighted by Gasteiger charge is -2.51. The number of benzene rings is 3. The number of nitrogens with one attached hydrogen (secondary N) is 1. The fourth-order valence-electron chi connectivity index (χ4n) is 6.65. The topological polar surface area (TPSA) is 58.1 Å². The van der Waals surface area contributed by atoms with E-state index in [0.29, 0.717) is 17.4 Å². The molecule has 5 nitrogen and oxygen atoms in total. The second-order valence-corrected chi connectivity index (χ2v) is 12.1. The maximum Gasteiger partial charge on any atom is 0.258 e. The molecule has 1 amide bonds. The van der Waals surface area contributed by atoms with Gasteiger partial charge in [0.1, 0.15) is 0 Å². The van der Waals surface area contributed by atoms with Crippen molar-refractivity contribution in [2.24, 2.45) is 5.92 Å². The number of rotatable bonds is 4. The molecule has 0 saturated carbocycles. The van der Waals surface area contributed by atoms with Gasteiger partial charge in [0.25, 0.3) is 5.91 Å². The lowest BCUT2D eigenvalue weighted by molar-refractivity contribution is 0.0948. The van der Waals surface area contributed by atoms with Gasteiger partial charge < -0.3 is 10.2 Å². The molecule has 3 aromatic carbocycles. The van der Waals surface area contributed by atoms with Crippen LogP contribution >= 0.6 is 0 Å². The second-order valence-electron chi connectivity index (χ2n) is 12.1. The molecule has 2 heterocycles. The van der Waals surface area contributed by atoms with Gasteiger partial charge in [-0.3, -0.25) is 4.79 Å². The molecule has 2 atom stereocenters. The monoisotopic (exact) mass is 516 g/mol. The largest absolute Gasteiger partial charge is 0.324 e. The Morgan fingerprint density at radius 1 is 0.974 bits per heavy atom. The van der Waals surface area contributed by atoms with Gasteiger partial charge in [-0.25, -0.2) is 9.97 Å².